The minimum Gasteiger partial charge on any atom is -0.393 e. The maximum Gasteiger partial charge on any atom is 0.147 e. The third kappa shape index (κ3) is 2.61. The van der Waals surface area contributed by atoms with E-state index >= 15 is 0 Å². The lowest BCUT2D eigenvalue weighted by Crippen LogP contribution is -2.69. The van der Waals surface area contributed by atoms with Crippen molar-refractivity contribution in [3.63, 3.8) is 0 Å². The van der Waals surface area contributed by atoms with Crippen LogP contribution in [0.25, 0.3) is 0 Å². The second kappa shape index (κ2) is 6.80. The van der Waals surface area contributed by atoms with Crippen molar-refractivity contribution in [3.8, 4) is 0 Å². The Bertz CT molecular complexity index is 807. The molecule has 6 rings (SSSR count). The fraction of sp³-hybridized carbons (Fsp3) is 0.778. The lowest BCUT2D eigenvalue weighted by atomic mass is 9.46. The molecule has 1 N–H and O–H groups in total. The molecule has 3 fully saturated rings. The van der Waals surface area contributed by atoms with Crippen LogP contribution >= 0.6 is 0 Å². The third-order valence-electron chi connectivity index (χ3n) is 9.93. The van der Waals surface area contributed by atoms with E-state index in [0.29, 0.717) is 12.3 Å². The molecule has 0 amide bonds. The maximum absolute atomic E-state index is 10.4. The molecule has 0 aromatic rings. The third-order valence-corrected chi connectivity index (χ3v) is 9.93. The largest absolute Gasteiger partial charge is 0.393 e. The molecule has 1 saturated heterocycles. The fourth-order valence-corrected chi connectivity index (χ4v) is 8.21. The van der Waals surface area contributed by atoms with Crippen molar-refractivity contribution in [1.29, 1.82) is 0 Å². The molecule has 6 aliphatic rings. The summed E-state index contributed by atoms with van der Waals surface area (Å²) in [6.07, 6.45) is 17.8. The molecular weight excluding hydrogens is 372 g/mol. The Morgan fingerprint density at radius 2 is 2.00 bits per heavy atom. The standard InChI is InChI=1S/C27H40O3/c1-18(2)7-6-8-19(3)21-9-10-22-24(21,4)13-12-23-25(5)14-11-20(28)17-26(25)15-16-27(22,23)30-29-26/h7,12,15-16,19-22,28H,6,8-11,13-14,17H2,1-5H3/t19-,20+,21-,22-,24-,25-,26-,27+/m1/s1. The summed E-state index contributed by atoms with van der Waals surface area (Å²) in [4.78, 5) is 12.6. The lowest BCUT2D eigenvalue weighted by Gasteiger charge is -2.66. The van der Waals surface area contributed by atoms with Crippen LogP contribution in [0.5, 0.6) is 0 Å². The van der Waals surface area contributed by atoms with Gasteiger partial charge < -0.3 is 5.11 Å². The van der Waals surface area contributed by atoms with Crippen LogP contribution in [0.15, 0.2) is 35.5 Å². The molecule has 3 nitrogen and oxygen atoms in total. The van der Waals surface area contributed by atoms with Crippen LogP contribution in [0.4, 0.5) is 0 Å². The molecule has 166 valence electrons. The predicted octanol–water partition coefficient (Wildman–Crippen LogP) is 6.29. The first-order valence-corrected chi connectivity index (χ1v) is 12.3. The Balaban J connectivity index is 1.47. The van der Waals surface area contributed by atoms with Gasteiger partial charge >= 0.3 is 0 Å². The highest BCUT2D eigenvalue weighted by molar-refractivity contribution is 5.48. The summed E-state index contributed by atoms with van der Waals surface area (Å²) in [5.41, 5.74) is 2.17. The SMILES string of the molecule is CC(C)=CCC[C@@H](C)[C@H]1CC[C@@H]2[C@]1(C)CC=C1[C@]23C=C[C@]2(C[C@@H](O)CC[C@]12C)OO3. The molecule has 30 heavy (non-hydrogen) atoms. The molecule has 0 radical (unpaired) electrons. The van der Waals surface area contributed by atoms with E-state index < -0.39 is 11.2 Å². The molecule has 2 aliphatic heterocycles. The van der Waals surface area contributed by atoms with Crippen LogP contribution in [0, 0.1) is 28.6 Å². The van der Waals surface area contributed by atoms with E-state index in [1.165, 1.54) is 36.8 Å². The van der Waals surface area contributed by atoms with E-state index in [2.05, 4.69) is 58.9 Å². The minimum atomic E-state index is -0.498. The number of aliphatic hydroxyl groups excluding tert-OH is 1. The molecule has 3 heteroatoms. The van der Waals surface area contributed by atoms with Gasteiger partial charge in [-0.2, -0.15) is 0 Å². The van der Waals surface area contributed by atoms with Gasteiger partial charge in [0.1, 0.15) is 11.2 Å². The maximum atomic E-state index is 10.4. The highest BCUT2D eigenvalue weighted by Gasteiger charge is 2.71. The molecule has 2 bridgehead atoms. The van der Waals surface area contributed by atoms with Gasteiger partial charge in [-0.1, -0.05) is 38.5 Å². The Morgan fingerprint density at radius 1 is 1.20 bits per heavy atom. The molecule has 2 spiro atoms. The van der Waals surface area contributed by atoms with E-state index in [0.717, 1.165) is 31.1 Å². The van der Waals surface area contributed by atoms with Gasteiger partial charge in [0.25, 0.3) is 0 Å². The molecule has 0 unspecified atom stereocenters. The summed E-state index contributed by atoms with van der Waals surface area (Å²) < 4.78 is 0. The Morgan fingerprint density at radius 3 is 2.70 bits per heavy atom. The summed E-state index contributed by atoms with van der Waals surface area (Å²) in [7, 11) is 0. The molecule has 8 atom stereocenters. The Kier molecular flexibility index (Phi) is 4.75. The van der Waals surface area contributed by atoms with E-state index in [1.54, 1.807) is 0 Å². The first-order chi connectivity index (χ1) is 14.2. The lowest BCUT2D eigenvalue weighted by molar-refractivity contribution is -0.455. The van der Waals surface area contributed by atoms with Crippen LogP contribution in [0.1, 0.15) is 86.0 Å². The Hall–Kier alpha value is -0.900. The van der Waals surface area contributed by atoms with Crippen molar-refractivity contribution in [2.75, 3.05) is 0 Å². The van der Waals surface area contributed by atoms with Crippen LogP contribution in [-0.2, 0) is 9.78 Å². The normalized spacial score (nSPS) is 49.7. The number of allylic oxidation sites excluding steroid dienone is 3. The van der Waals surface area contributed by atoms with E-state index in [-0.39, 0.29) is 16.9 Å². The molecule has 0 aromatic carbocycles. The summed E-state index contributed by atoms with van der Waals surface area (Å²) in [6, 6.07) is 0. The smallest absolute Gasteiger partial charge is 0.147 e. The molecule has 2 heterocycles. The highest BCUT2D eigenvalue weighted by Crippen LogP contribution is 2.71. The number of aliphatic hydroxyl groups is 1. The second-order valence-corrected chi connectivity index (χ2v) is 11.8. The minimum absolute atomic E-state index is 0.0618. The predicted molar refractivity (Wildman–Crippen MR) is 120 cm³/mol. The zero-order chi connectivity index (χ0) is 21.4. The van der Waals surface area contributed by atoms with Crippen molar-refractivity contribution in [1.82, 2.24) is 0 Å². The van der Waals surface area contributed by atoms with Gasteiger partial charge in [0, 0.05) is 17.8 Å². The first-order valence-electron chi connectivity index (χ1n) is 12.3. The molecule has 2 saturated carbocycles. The van der Waals surface area contributed by atoms with Gasteiger partial charge in [0.2, 0.25) is 0 Å². The van der Waals surface area contributed by atoms with Crippen LogP contribution in [0.3, 0.4) is 0 Å². The van der Waals surface area contributed by atoms with E-state index in [1.807, 2.05) is 0 Å². The molecular formula is C27H40O3. The van der Waals surface area contributed by atoms with E-state index in [4.69, 9.17) is 9.78 Å². The quantitative estimate of drug-likeness (QED) is 0.435. The first kappa shape index (κ1) is 21.0. The highest BCUT2D eigenvalue weighted by atomic mass is 17.2. The van der Waals surface area contributed by atoms with Gasteiger partial charge in [-0.05, 0) is 93.8 Å². The van der Waals surface area contributed by atoms with Crippen LogP contribution in [-0.4, -0.2) is 22.4 Å². The average Bonchev–Trinajstić information content (AvgIpc) is 3.05. The molecule has 4 aliphatic carbocycles. The van der Waals surface area contributed by atoms with Crippen molar-refractivity contribution in [2.45, 2.75) is 103 Å². The van der Waals surface area contributed by atoms with Crippen LogP contribution < -0.4 is 0 Å². The van der Waals surface area contributed by atoms with Crippen molar-refractivity contribution < 1.29 is 14.9 Å². The van der Waals surface area contributed by atoms with E-state index in [9.17, 15) is 5.11 Å². The summed E-state index contributed by atoms with van der Waals surface area (Å²) in [6.45, 7) is 11.8. The zero-order valence-electron chi connectivity index (χ0n) is 19.5. The number of hydrogen-bond donors (Lipinski definition) is 1. The van der Waals surface area contributed by atoms with Crippen molar-refractivity contribution in [3.05, 3.63) is 35.5 Å². The molecule has 0 aromatic heterocycles. The van der Waals surface area contributed by atoms with Crippen LogP contribution in [0.2, 0.25) is 0 Å². The van der Waals surface area contributed by atoms with Gasteiger partial charge in [0.05, 0.1) is 6.10 Å². The van der Waals surface area contributed by atoms with Gasteiger partial charge in [0.15, 0.2) is 0 Å². The topological polar surface area (TPSA) is 38.7 Å². The zero-order valence-corrected chi connectivity index (χ0v) is 19.5. The second-order valence-electron chi connectivity index (χ2n) is 11.8. The number of fused-ring (bicyclic) bond motifs is 2. The van der Waals surface area contributed by atoms with Crippen molar-refractivity contribution >= 4 is 0 Å². The fourth-order valence-electron chi connectivity index (χ4n) is 8.21. The van der Waals surface area contributed by atoms with Gasteiger partial charge in [-0.15, -0.1) is 0 Å². The number of hydrogen-bond acceptors (Lipinski definition) is 3. The van der Waals surface area contributed by atoms with Gasteiger partial charge in [-0.25, -0.2) is 9.78 Å². The summed E-state index contributed by atoms with van der Waals surface area (Å²) >= 11 is 0. The number of rotatable bonds is 4. The monoisotopic (exact) mass is 412 g/mol. The van der Waals surface area contributed by atoms with Gasteiger partial charge in [-0.3, -0.25) is 0 Å². The summed E-state index contributed by atoms with van der Waals surface area (Å²) in [5, 5.41) is 10.4. The Labute approximate surface area is 182 Å². The summed E-state index contributed by atoms with van der Waals surface area (Å²) in [5.74, 6) is 1.92. The average molecular weight is 413 g/mol. The van der Waals surface area contributed by atoms with Crippen molar-refractivity contribution in [2.24, 2.45) is 28.6 Å².